The minimum atomic E-state index is -0.0964. The first kappa shape index (κ1) is 20.4. The third-order valence-electron chi connectivity index (χ3n) is 5.55. The SMILES string of the molecule is CCc1ccccc1NC(=O)CN(C)CC(=O)N[C@@H]1CCC[C@@H](C)[C@@H]1C. The van der Waals surface area contributed by atoms with E-state index in [1.165, 1.54) is 12.8 Å². The smallest absolute Gasteiger partial charge is 0.238 e. The molecule has 0 aromatic heterocycles. The first-order chi connectivity index (χ1) is 12.4. The summed E-state index contributed by atoms with van der Waals surface area (Å²) in [5.41, 5.74) is 1.96. The van der Waals surface area contributed by atoms with E-state index >= 15 is 0 Å². The Bertz CT molecular complexity index is 617. The standard InChI is InChI=1S/C21H33N3O2/c1-5-17-10-6-7-11-19(17)23-21(26)14-24(4)13-20(25)22-18-12-8-9-15(2)16(18)3/h6-7,10-11,15-16,18H,5,8-9,12-14H2,1-4H3,(H,22,25)(H,23,26)/t15-,16+,18-/m1/s1. The fourth-order valence-corrected chi connectivity index (χ4v) is 3.72. The Labute approximate surface area is 157 Å². The minimum absolute atomic E-state index is 0.000193. The van der Waals surface area contributed by atoms with E-state index in [0.29, 0.717) is 11.8 Å². The van der Waals surface area contributed by atoms with Gasteiger partial charge in [-0.25, -0.2) is 0 Å². The number of hydrogen-bond donors (Lipinski definition) is 2. The van der Waals surface area contributed by atoms with Crippen molar-refractivity contribution in [2.24, 2.45) is 11.8 Å². The number of carbonyl (C=O) groups excluding carboxylic acids is 2. The summed E-state index contributed by atoms with van der Waals surface area (Å²) in [5.74, 6) is 1.06. The van der Waals surface area contributed by atoms with Gasteiger partial charge in [0.25, 0.3) is 0 Å². The molecular weight excluding hydrogens is 326 g/mol. The minimum Gasteiger partial charge on any atom is -0.352 e. The van der Waals surface area contributed by atoms with E-state index in [1.807, 2.05) is 24.3 Å². The predicted molar refractivity (Wildman–Crippen MR) is 106 cm³/mol. The Kier molecular flexibility index (Phi) is 7.64. The van der Waals surface area contributed by atoms with Gasteiger partial charge in [-0.2, -0.15) is 0 Å². The lowest BCUT2D eigenvalue weighted by molar-refractivity contribution is -0.124. The van der Waals surface area contributed by atoms with E-state index < -0.39 is 0 Å². The highest BCUT2D eigenvalue weighted by Gasteiger charge is 2.28. The molecule has 144 valence electrons. The average molecular weight is 360 g/mol. The van der Waals surface area contributed by atoms with Gasteiger partial charge in [0.15, 0.2) is 0 Å². The third-order valence-corrected chi connectivity index (χ3v) is 5.55. The van der Waals surface area contributed by atoms with E-state index in [1.54, 1.807) is 11.9 Å². The van der Waals surface area contributed by atoms with Crippen LogP contribution in [-0.4, -0.2) is 42.9 Å². The number of aryl methyl sites for hydroxylation is 1. The monoisotopic (exact) mass is 359 g/mol. The molecule has 0 unspecified atom stereocenters. The topological polar surface area (TPSA) is 61.4 Å². The first-order valence-corrected chi connectivity index (χ1v) is 9.76. The summed E-state index contributed by atoms with van der Waals surface area (Å²) in [4.78, 5) is 26.4. The molecule has 0 bridgehead atoms. The highest BCUT2D eigenvalue weighted by Crippen LogP contribution is 2.29. The highest BCUT2D eigenvalue weighted by molar-refractivity contribution is 5.93. The van der Waals surface area contributed by atoms with Gasteiger partial charge in [-0.1, -0.05) is 51.8 Å². The summed E-state index contributed by atoms with van der Waals surface area (Å²) >= 11 is 0. The molecular formula is C21H33N3O2. The van der Waals surface area contributed by atoms with Gasteiger partial charge >= 0.3 is 0 Å². The molecule has 1 aromatic carbocycles. The van der Waals surface area contributed by atoms with E-state index in [0.717, 1.165) is 24.1 Å². The molecule has 0 radical (unpaired) electrons. The van der Waals surface area contributed by atoms with Crippen molar-refractivity contribution in [1.82, 2.24) is 10.2 Å². The fourth-order valence-electron chi connectivity index (χ4n) is 3.72. The number of para-hydroxylation sites is 1. The van der Waals surface area contributed by atoms with Crippen molar-refractivity contribution in [3.8, 4) is 0 Å². The lowest BCUT2D eigenvalue weighted by Gasteiger charge is -2.34. The molecule has 5 nitrogen and oxygen atoms in total. The molecule has 0 heterocycles. The Morgan fingerprint density at radius 3 is 2.54 bits per heavy atom. The quantitative estimate of drug-likeness (QED) is 0.786. The molecule has 0 aliphatic heterocycles. The average Bonchev–Trinajstić information content (AvgIpc) is 2.59. The van der Waals surface area contributed by atoms with Crippen molar-refractivity contribution >= 4 is 17.5 Å². The van der Waals surface area contributed by atoms with Gasteiger partial charge in [0.2, 0.25) is 11.8 Å². The van der Waals surface area contributed by atoms with Gasteiger partial charge < -0.3 is 10.6 Å². The molecule has 0 saturated heterocycles. The molecule has 26 heavy (non-hydrogen) atoms. The van der Waals surface area contributed by atoms with Crippen molar-refractivity contribution in [1.29, 1.82) is 0 Å². The molecule has 1 aliphatic carbocycles. The Morgan fingerprint density at radius 2 is 1.81 bits per heavy atom. The molecule has 1 aromatic rings. The predicted octanol–water partition coefficient (Wildman–Crippen LogP) is 3.06. The Balaban J connectivity index is 1.79. The zero-order valence-corrected chi connectivity index (χ0v) is 16.5. The van der Waals surface area contributed by atoms with E-state index in [9.17, 15) is 9.59 Å². The van der Waals surface area contributed by atoms with Crippen molar-refractivity contribution in [2.75, 3.05) is 25.5 Å². The summed E-state index contributed by atoms with van der Waals surface area (Å²) in [6, 6.07) is 8.06. The molecule has 2 N–H and O–H groups in total. The number of likely N-dealkylation sites (N-methyl/N-ethyl adjacent to an activating group) is 1. The number of anilines is 1. The van der Waals surface area contributed by atoms with Crippen molar-refractivity contribution in [3.63, 3.8) is 0 Å². The zero-order valence-electron chi connectivity index (χ0n) is 16.5. The van der Waals surface area contributed by atoms with Crippen LogP contribution in [0.25, 0.3) is 0 Å². The van der Waals surface area contributed by atoms with Gasteiger partial charge in [0.1, 0.15) is 0 Å². The maximum Gasteiger partial charge on any atom is 0.238 e. The number of rotatable bonds is 7. The van der Waals surface area contributed by atoms with Crippen LogP contribution >= 0.6 is 0 Å². The molecule has 1 aliphatic rings. The highest BCUT2D eigenvalue weighted by atomic mass is 16.2. The molecule has 0 spiro atoms. The van der Waals surface area contributed by atoms with Crippen molar-refractivity contribution in [3.05, 3.63) is 29.8 Å². The number of hydrogen-bond acceptors (Lipinski definition) is 3. The maximum absolute atomic E-state index is 12.3. The number of amides is 2. The van der Waals surface area contributed by atoms with Crippen LogP contribution in [0.4, 0.5) is 5.69 Å². The Hall–Kier alpha value is -1.88. The normalized spacial score (nSPS) is 22.9. The van der Waals surface area contributed by atoms with Gasteiger partial charge in [-0.3, -0.25) is 14.5 Å². The van der Waals surface area contributed by atoms with E-state index in [4.69, 9.17) is 0 Å². The number of nitrogens with one attached hydrogen (secondary N) is 2. The van der Waals surface area contributed by atoms with Gasteiger partial charge in [-0.15, -0.1) is 0 Å². The molecule has 5 heteroatoms. The van der Waals surface area contributed by atoms with E-state index in [2.05, 4.69) is 31.4 Å². The summed E-state index contributed by atoms with van der Waals surface area (Å²) in [6.07, 6.45) is 4.33. The third kappa shape index (κ3) is 5.84. The number of benzene rings is 1. The summed E-state index contributed by atoms with van der Waals surface area (Å²) in [7, 11) is 1.80. The second kappa shape index (κ2) is 9.72. The lowest BCUT2D eigenvalue weighted by Crippen LogP contribution is -2.47. The summed E-state index contributed by atoms with van der Waals surface area (Å²) in [6.45, 7) is 6.97. The maximum atomic E-state index is 12.3. The van der Waals surface area contributed by atoms with Gasteiger partial charge in [0.05, 0.1) is 13.1 Å². The molecule has 2 amide bonds. The van der Waals surface area contributed by atoms with Crippen molar-refractivity contribution in [2.45, 2.75) is 52.5 Å². The first-order valence-electron chi connectivity index (χ1n) is 9.76. The molecule has 3 atom stereocenters. The van der Waals surface area contributed by atoms with Crippen LogP contribution in [0.5, 0.6) is 0 Å². The van der Waals surface area contributed by atoms with Crippen LogP contribution in [0.3, 0.4) is 0 Å². The molecule has 1 fully saturated rings. The summed E-state index contributed by atoms with van der Waals surface area (Å²) < 4.78 is 0. The molecule has 1 saturated carbocycles. The van der Waals surface area contributed by atoms with Crippen LogP contribution in [0.2, 0.25) is 0 Å². The van der Waals surface area contributed by atoms with Crippen molar-refractivity contribution < 1.29 is 9.59 Å². The second-order valence-electron chi connectivity index (χ2n) is 7.67. The largest absolute Gasteiger partial charge is 0.352 e. The number of carbonyl (C=O) groups is 2. The van der Waals surface area contributed by atoms with Crippen LogP contribution in [0, 0.1) is 11.8 Å². The fraction of sp³-hybridized carbons (Fsp3) is 0.619. The zero-order chi connectivity index (χ0) is 19.1. The van der Waals surface area contributed by atoms with Gasteiger partial charge in [0, 0.05) is 11.7 Å². The number of nitrogens with zero attached hydrogens (tertiary/aromatic N) is 1. The summed E-state index contributed by atoms with van der Waals surface area (Å²) in [5, 5.41) is 6.11. The molecule has 2 rings (SSSR count). The van der Waals surface area contributed by atoms with Gasteiger partial charge in [-0.05, 0) is 43.4 Å². The van der Waals surface area contributed by atoms with Crippen LogP contribution in [0.15, 0.2) is 24.3 Å². The second-order valence-corrected chi connectivity index (χ2v) is 7.67. The Morgan fingerprint density at radius 1 is 1.12 bits per heavy atom. The van der Waals surface area contributed by atoms with E-state index in [-0.39, 0.29) is 30.9 Å². The lowest BCUT2D eigenvalue weighted by atomic mass is 9.78. The van der Waals surface area contributed by atoms with Crippen LogP contribution < -0.4 is 10.6 Å². The van der Waals surface area contributed by atoms with Crippen LogP contribution in [-0.2, 0) is 16.0 Å². The van der Waals surface area contributed by atoms with Crippen LogP contribution in [0.1, 0.15) is 45.6 Å².